The first-order valence-electron chi connectivity index (χ1n) is 12.4. The third kappa shape index (κ3) is 5.98. The minimum atomic E-state index is -4.37. The molecule has 0 spiro atoms. The van der Waals surface area contributed by atoms with Gasteiger partial charge in [-0.1, -0.05) is 54.9 Å². The zero-order chi connectivity index (χ0) is 25.8. The SMILES string of the molecule is O=C(c1ccc(Cn2c(SCc3cccc(C(F)(F)F)c3)nc3ccncc32)cc1)N1CCCCCC1. The summed E-state index contributed by atoms with van der Waals surface area (Å²) in [6.07, 6.45) is 3.48. The number of hydrogen-bond donors (Lipinski definition) is 0. The van der Waals surface area contributed by atoms with Gasteiger partial charge in [-0.25, -0.2) is 4.98 Å². The van der Waals surface area contributed by atoms with E-state index in [1.54, 1.807) is 18.5 Å². The van der Waals surface area contributed by atoms with Gasteiger partial charge in [-0.15, -0.1) is 0 Å². The molecule has 2 aromatic carbocycles. The monoisotopic (exact) mass is 524 g/mol. The van der Waals surface area contributed by atoms with Crippen LogP contribution in [0.1, 0.15) is 52.7 Å². The average molecular weight is 525 g/mol. The molecule has 1 aliphatic heterocycles. The second-order valence-corrected chi connectivity index (χ2v) is 10.2. The van der Waals surface area contributed by atoms with E-state index < -0.39 is 11.7 Å². The Morgan fingerprint density at radius 3 is 2.43 bits per heavy atom. The number of likely N-dealkylation sites (tertiary alicyclic amines) is 1. The summed E-state index contributed by atoms with van der Waals surface area (Å²) in [6, 6.07) is 14.9. The number of carbonyl (C=O) groups is 1. The minimum absolute atomic E-state index is 0.0723. The first-order valence-corrected chi connectivity index (χ1v) is 13.3. The number of hydrogen-bond acceptors (Lipinski definition) is 4. The lowest BCUT2D eigenvalue weighted by atomic mass is 10.1. The predicted octanol–water partition coefficient (Wildman–Crippen LogP) is 6.81. The van der Waals surface area contributed by atoms with Crippen molar-refractivity contribution < 1.29 is 18.0 Å². The van der Waals surface area contributed by atoms with Crippen LogP contribution in [0, 0.1) is 0 Å². The Hall–Kier alpha value is -3.33. The van der Waals surface area contributed by atoms with Gasteiger partial charge in [-0.2, -0.15) is 13.2 Å². The van der Waals surface area contributed by atoms with Gasteiger partial charge in [0.25, 0.3) is 5.91 Å². The maximum absolute atomic E-state index is 13.1. The largest absolute Gasteiger partial charge is 0.416 e. The molecule has 0 unspecified atom stereocenters. The van der Waals surface area contributed by atoms with Gasteiger partial charge in [-0.3, -0.25) is 9.78 Å². The number of benzene rings is 2. The van der Waals surface area contributed by atoms with Crippen molar-refractivity contribution in [3.8, 4) is 0 Å². The van der Waals surface area contributed by atoms with Crippen molar-refractivity contribution in [3.63, 3.8) is 0 Å². The van der Waals surface area contributed by atoms with Crippen LogP contribution >= 0.6 is 11.8 Å². The highest BCUT2D eigenvalue weighted by atomic mass is 32.2. The van der Waals surface area contributed by atoms with Crippen LogP contribution in [0.5, 0.6) is 0 Å². The number of carbonyl (C=O) groups excluding carboxylic acids is 1. The van der Waals surface area contributed by atoms with Crippen LogP contribution in [0.4, 0.5) is 13.2 Å². The topological polar surface area (TPSA) is 51.0 Å². The number of alkyl halides is 3. The number of thioether (sulfide) groups is 1. The van der Waals surface area contributed by atoms with E-state index in [4.69, 9.17) is 4.98 Å². The average Bonchev–Trinajstić information content (AvgIpc) is 3.05. The quantitative estimate of drug-likeness (QED) is 0.260. The Kier molecular flexibility index (Phi) is 7.50. The van der Waals surface area contributed by atoms with Gasteiger partial charge >= 0.3 is 6.18 Å². The molecular formula is C28H27F3N4OS. The number of halogens is 3. The molecule has 0 radical (unpaired) electrons. The molecule has 5 rings (SSSR count). The Labute approximate surface area is 217 Å². The van der Waals surface area contributed by atoms with E-state index in [9.17, 15) is 18.0 Å². The minimum Gasteiger partial charge on any atom is -0.339 e. The van der Waals surface area contributed by atoms with Crippen molar-refractivity contribution in [1.82, 2.24) is 19.4 Å². The van der Waals surface area contributed by atoms with Crippen molar-refractivity contribution in [2.24, 2.45) is 0 Å². The van der Waals surface area contributed by atoms with Crippen molar-refractivity contribution in [2.45, 2.75) is 49.3 Å². The molecule has 0 bridgehead atoms. The molecule has 0 atom stereocenters. The van der Waals surface area contributed by atoms with Gasteiger partial charge in [0, 0.05) is 30.6 Å². The molecule has 1 aliphatic rings. The van der Waals surface area contributed by atoms with E-state index in [1.165, 1.54) is 36.7 Å². The summed E-state index contributed by atoms with van der Waals surface area (Å²) in [5.41, 5.74) is 3.22. The molecule has 1 amide bonds. The molecule has 1 fully saturated rings. The number of aromatic nitrogens is 3. The summed E-state index contributed by atoms with van der Waals surface area (Å²) in [5, 5.41) is 0.699. The molecule has 192 valence electrons. The number of nitrogens with zero attached hydrogens (tertiary/aromatic N) is 4. The first kappa shape index (κ1) is 25.3. The number of pyridine rings is 1. The van der Waals surface area contributed by atoms with E-state index in [1.807, 2.05) is 39.8 Å². The maximum Gasteiger partial charge on any atom is 0.416 e. The second-order valence-electron chi connectivity index (χ2n) is 9.24. The van der Waals surface area contributed by atoms with Crippen molar-refractivity contribution in [1.29, 1.82) is 0 Å². The standard InChI is InChI=1S/C28H27F3N4OS/c29-28(30,31)23-7-5-6-21(16-23)19-37-27-33-24-12-13-32-17-25(24)35(27)18-20-8-10-22(11-9-20)26(36)34-14-3-1-2-4-15-34/h5-13,16-17H,1-4,14-15,18-19H2. The lowest BCUT2D eigenvalue weighted by molar-refractivity contribution is -0.137. The Morgan fingerprint density at radius 2 is 1.70 bits per heavy atom. The summed E-state index contributed by atoms with van der Waals surface area (Å²) >= 11 is 1.39. The third-order valence-corrected chi connectivity index (χ3v) is 7.62. The van der Waals surface area contributed by atoms with Gasteiger partial charge in [0.15, 0.2) is 5.16 Å². The third-order valence-electron chi connectivity index (χ3n) is 6.57. The molecule has 0 N–H and O–H groups in total. The molecule has 3 heterocycles. The van der Waals surface area contributed by atoms with E-state index in [2.05, 4.69) is 4.98 Å². The van der Waals surface area contributed by atoms with Gasteiger partial charge < -0.3 is 9.47 Å². The fourth-order valence-electron chi connectivity index (χ4n) is 4.59. The molecule has 0 aliphatic carbocycles. The van der Waals surface area contributed by atoms with Crippen molar-refractivity contribution >= 4 is 28.7 Å². The fourth-order valence-corrected chi connectivity index (χ4v) is 5.54. The van der Waals surface area contributed by atoms with Crippen LogP contribution < -0.4 is 0 Å². The first-order chi connectivity index (χ1) is 17.9. The maximum atomic E-state index is 13.1. The highest BCUT2D eigenvalue weighted by Gasteiger charge is 2.30. The van der Waals surface area contributed by atoms with Crippen LogP contribution in [0.15, 0.2) is 72.1 Å². The zero-order valence-electron chi connectivity index (χ0n) is 20.2. The van der Waals surface area contributed by atoms with E-state index in [0.717, 1.165) is 48.6 Å². The summed E-state index contributed by atoms with van der Waals surface area (Å²) < 4.78 is 41.4. The predicted molar refractivity (Wildman–Crippen MR) is 138 cm³/mol. The van der Waals surface area contributed by atoms with Crippen LogP contribution in [-0.2, 0) is 18.5 Å². The molecule has 1 saturated heterocycles. The molecule has 4 aromatic rings. The van der Waals surface area contributed by atoms with E-state index >= 15 is 0 Å². The number of amides is 1. The van der Waals surface area contributed by atoms with Crippen molar-refractivity contribution in [3.05, 3.63) is 89.2 Å². The van der Waals surface area contributed by atoms with Crippen LogP contribution in [0.2, 0.25) is 0 Å². The molecule has 37 heavy (non-hydrogen) atoms. The summed E-state index contributed by atoms with van der Waals surface area (Å²) in [4.78, 5) is 23.8. The van der Waals surface area contributed by atoms with Gasteiger partial charge in [0.1, 0.15) is 0 Å². The van der Waals surface area contributed by atoms with Crippen LogP contribution in [-0.4, -0.2) is 38.4 Å². The summed E-state index contributed by atoms with van der Waals surface area (Å²) in [6.45, 7) is 2.12. The Balaban J connectivity index is 1.35. The highest BCUT2D eigenvalue weighted by molar-refractivity contribution is 7.98. The summed E-state index contributed by atoms with van der Waals surface area (Å²) in [7, 11) is 0. The lowest BCUT2D eigenvalue weighted by Gasteiger charge is -2.20. The van der Waals surface area contributed by atoms with Crippen LogP contribution in [0.25, 0.3) is 11.0 Å². The molecule has 0 saturated carbocycles. The Bertz CT molecular complexity index is 1380. The van der Waals surface area contributed by atoms with Gasteiger partial charge in [0.05, 0.1) is 29.3 Å². The van der Waals surface area contributed by atoms with Crippen LogP contribution in [0.3, 0.4) is 0 Å². The number of imidazole rings is 1. The highest BCUT2D eigenvalue weighted by Crippen LogP contribution is 2.32. The fraction of sp³-hybridized carbons (Fsp3) is 0.321. The lowest BCUT2D eigenvalue weighted by Crippen LogP contribution is -2.31. The second kappa shape index (κ2) is 11.0. The molecule has 5 nitrogen and oxygen atoms in total. The molecular weight excluding hydrogens is 497 g/mol. The molecule has 9 heteroatoms. The van der Waals surface area contributed by atoms with Gasteiger partial charge in [0.2, 0.25) is 0 Å². The van der Waals surface area contributed by atoms with E-state index in [-0.39, 0.29) is 5.91 Å². The number of fused-ring (bicyclic) bond motifs is 1. The number of rotatable bonds is 6. The summed E-state index contributed by atoms with van der Waals surface area (Å²) in [5.74, 6) is 0.423. The van der Waals surface area contributed by atoms with Crippen molar-refractivity contribution in [2.75, 3.05) is 13.1 Å². The molecule has 2 aromatic heterocycles. The zero-order valence-corrected chi connectivity index (χ0v) is 21.1. The smallest absolute Gasteiger partial charge is 0.339 e. The van der Waals surface area contributed by atoms with E-state index in [0.29, 0.717) is 28.6 Å². The Morgan fingerprint density at radius 1 is 0.946 bits per heavy atom. The normalized spacial score (nSPS) is 14.6. The van der Waals surface area contributed by atoms with Gasteiger partial charge in [-0.05, 0) is 48.2 Å².